The van der Waals surface area contributed by atoms with Gasteiger partial charge in [0, 0.05) is 38.9 Å². The molecule has 0 aromatic carbocycles. The number of esters is 1. The first-order chi connectivity index (χ1) is 21.4. The van der Waals surface area contributed by atoms with E-state index in [1.165, 1.54) is 57.8 Å². The van der Waals surface area contributed by atoms with Crippen LogP contribution in [-0.2, 0) is 19.1 Å². The van der Waals surface area contributed by atoms with Crippen molar-refractivity contribution in [1.82, 2.24) is 9.80 Å². The van der Waals surface area contributed by atoms with Crippen molar-refractivity contribution < 1.29 is 24.2 Å². The van der Waals surface area contributed by atoms with Crippen LogP contribution in [0.1, 0.15) is 175 Å². The Labute approximate surface area is 272 Å². The van der Waals surface area contributed by atoms with Crippen molar-refractivity contribution in [2.24, 2.45) is 5.92 Å². The van der Waals surface area contributed by atoms with Gasteiger partial charge in [0.05, 0.1) is 6.61 Å². The van der Waals surface area contributed by atoms with Crippen molar-refractivity contribution in [2.45, 2.75) is 175 Å². The highest BCUT2D eigenvalue weighted by Crippen LogP contribution is 2.22. The molecule has 0 spiro atoms. The molecule has 260 valence electrons. The van der Waals surface area contributed by atoms with Gasteiger partial charge in [-0.15, -0.1) is 0 Å². The maximum absolute atomic E-state index is 13.0. The molecule has 0 fully saturated rings. The van der Waals surface area contributed by atoms with Gasteiger partial charge in [0.1, 0.15) is 0 Å². The van der Waals surface area contributed by atoms with Crippen molar-refractivity contribution in [3.8, 4) is 0 Å². The molecular formula is C37H72N2O5. The van der Waals surface area contributed by atoms with Gasteiger partial charge in [0.2, 0.25) is 5.91 Å². The molecule has 0 radical (unpaired) electrons. The minimum Gasteiger partial charge on any atom is -0.481 e. The maximum atomic E-state index is 13.0. The van der Waals surface area contributed by atoms with Crippen molar-refractivity contribution in [3.05, 3.63) is 0 Å². The normalized spacial score (nSPS) is 11.4. The van der Waals surface area contributed by atoms with Crippen LogP contribution in [0.4, 0.5) is 0 Å². The Morgan fingerprint density at radius 2 is 1.07 bits per heavy atom. The highest BCUT2D eigenvalue weighted by atomic mass is 16.5. The Bertz CT molecular complexity index is 673. The van der Waals surface area contributed by atoms with E-state index < -0.39 is 5.97 Å². The van der Waals surface area contributed by atoms with Crippen molar-refractivity contribution in [1.29, 1.82) is 0 Å². The van der Waals surface area contributed by atoms with Gasteiger partial charge in [-0.2, -0.15) is 0 Å². The van der Waals surface area contributed by atoms with Crippen molar-refractivity contribution in [2.75, 3.05) is 39.3 Å². The molecule has 0 saturated carbocycles. The van der Waals surface area contributed by atoms with Crippen LogP contribution < -0.4 is 0 Å². The van der Waals surface area contributed by atoms with E-state index in [1.807, 2.05) is 0 Å². The first kappa shape index (κ1) is 42.4. The zero-order valence-corrected chi connectivity index (χ0v) is 29.6. The number of rotatable bonds is 33. The number of carbonyl (C=O) groups excluding carboxylic acids is 2. The molecule has 0 aliphatic heterocycles. The molecule has 7 heteroatoms. The van der Waals surface area contributed by atoms with E-state index in [9.17, 15) is 14.4 Å². The number of amides is 1. The van der Waals surface area contributed by atoms with Crippen LogP contribution in [0, 0.1) is 5.92 Å². The van der Waals surface area contributed by atoms with E-state index in [1.54, 1.807) is 0 Å². The summed E-state index contributed by atoms with van der Waals surface area (Å²) in [5.41, 5.74) is 0. The Morgan fingerprint density at radius 3 is 1.59 bits per heavy atom. The van der Waals surface area contributed by atoms with Gasteiger partial charge in [-0.25, -0.2) is 0 Å². The molecule has 0 bridgehead atoms. The maximum Gasteiger partial charge on any atom is 0.305 e. The topological polar surface area (TPSA) is 87.1 Å². The van der Waals surface area contributed by atoms with Crippen molar-refractivity contribution in [3.63, 3.8) is 0 Å². The van der Waals surface area contributed by atoms with E-state index >= 15 is 0 Å². The predicted molar refractivity (Wildman–Crippen MR) is 184 cm³/mol. The van der Waals surface area contributed by atoms with Gasteiger partial charge in [-0.1, -0.05) is 118 Å². The zero-order valence-electron chi connectivity index (χ0n) is 29.6. The average molecular weight is 625 g/mol. The summed E-state index contributed by atoms with van der Waals surface area (Å²) in [5, 5.41) is 8.79. The molecule has 0 aromatic rings. The van der Waals surface area contributed by atoms with Crippen LogP contribution in [0.5, 0.6) is 0 Å². The highest BCUT2D eigenvalue weighted by Gasteiger charge is 2.14. The smallest absolute Gasteiger partial charge is 0.305 e. The molecule has 1 amide bonds. The summed E-state index contributed by atoms with van der Waals surface area (Å²) in [6, 6.07) is 0. The second-order valence-electron chi connectivity index (χ2n) is 12.8. The summed E-state index contributed by atoms with van der Waals surface area (Å²) < 4.78 is 5.55. The molecule has 0 heterocycles. The Kier molecular flexibility index (Phi) is 30.2. The number of carboxylic acids is 1. The minimum absolute atomic E-state index is 0.0496. The van der Waals surface area contributed by atoms with Crippen LogP contribution in [-0.4, -0.2) is 72.1 Å². The van der Waals surface area contributed by atoms with Crippen LogP contribution >= 0.6 is 0 Å². The first-order valence-electron chi connectivity index (χ1n) is 18.7. The predicted octanol–water partition coefficient (Wildman–Crippen LogP) is 9.41. The van der Waals surface area contributed by atoms with Gasteiger partial charge in [0.15, 0.2) is 0 Å². The van der Waals surface area contributed by atoms with E-state index in [0.29, 0.717) is 19.4 Å². The van der Waals surface area contributed by atoms with E-state index in [4.69, 9.17) is 9.84 Å². The summed E-state index contributed by atoms with van der Waals surface area (Å²) in [5.74, 6) is 0.265. The molecule has 1 N–H and O–H groups in total. The Balaban J connectivity index is 4.20. The molecule has 0 rings (SSSR count). The lowest BCUT2D eigenvalue weighted by Crippen LogP contribution is -2.36. The number of hydrogen-bond donors (Lipinski definition) is 1. The second kappa shape index (κ2) is 31.4. The van der Waals surface area contributed by atoms with Gasteiger partial charge >= 0.3 is 11.9 Å². The van der Waals surface area contributed by atoms with E-state index in [2.05, 4.69) is 37.5 Å². The fourth-order valence-corrected chi connectivity index (χ4v) is 5.95. The number of aliphatic carboxylic acids is 1. The fourth-order valence-electron chi connectivity index (χ4n) is 5.95. The lowest BCUT2D eigenvalue weighted by Gasteiger charge is -2.25. The first-order valence-corrected chi connectivity index (χ1v) is 18.7. The van der Waals surface area contributed by atoms with Crippen LogP contribution in [0.3, 0.4) is 0 Å². The lowest BCUT2D eigenvalue weighted by atomic mass is 9.91. The molecule has 0 atom stereocenters. The molecule has 0 aliphatic rings. The van der Waals surface area contributed by atoms with Crippen LogP contribution in [0.25, 0.3) is 0 Å². The summed E-state index contributed by atoms with van der Waals surface area (Å²) in [6.45, 7) is 13.7. The summed E-state index contributed by atoms with van der Waals surface area (Å²) >= 11 is 0. The molecule has 44 heavy (non-hydrogen) atoms. The van der Waals surface area contributed by atoms with E-state index in [0.717, 1.165) is 109 Å². The number of nitrogens with zero attached hydrogens (tertiary/aromatic N) is 2. The third-order valence-electron chi connectivity index (χ3n) is 8.97. The Hall–Kier alpha value is -1.63. The number of hydrogen-bond acceptors (Lipinski definition) is 5. The minimum atomic E-state index is -0.722. The number of carbonyl (C=O) groups is 3. The third-order valence-corrected chi connectivity index (χ3v) is 8.97. The van der Waals surface area contributed by atoms with E-state index in [-0.39, 0.29) is 18.3 Å². The molecule has 0 unspecified atom stereocenters. The average Bonchev–Trinajstić information content (AvgIpc) is 3.01. The summed E-state index contributed by atoms with van der Waals surface area (Å²) in [6.07, 6.45) is 23.8. The molecule has 0 aliphatic carbocycles. The van der Waals surface area contributed by atoms with Gasteiger partial charge in [-0.3, -0.25) is 14.4 Å². The number of ether oxygens (including phenoxy) is 1. The van der Waals surface area contributed by atoms with Crippen LogP contribution in [0.2, 0.25) is 0 Å². The standard InChI is InChI=1S/C37H72N2O5/c1-5-9-17-24-34(25-18-10-6-2)26-23-33-44-37(43)28-20-14-12-16-22-31-39(35(40)29-32-38(7-3)8-4)30-21-15-11-13-19-27-36(41)42/h34H,5-33H2,1-4H3,(H,41,42). The summed E-state index contributed by atoms with van der Waals surface area (Å²) in [4.78, 5) is 40.3. The van der Waals surface area contributed by atoms with Gasteiger partial charge in [0.25, 0.3) is 0 Å². The third kappa shape index (κ3) is 26.7. The van der Waals surface area contributed by atoms with Crippen LogP contribution in [0.15, 0.2) is 0 Å². The largest absolute Gasteiger partial charge is 0.481 e. The fraction of sp³-hybridized carbons (Fsp3) is 0.919. The zero-order chi connectivity index (χ0) is 32.7. The SMILES string of the molecule is CCCCCC(CCCCC)CCCOC(=O)CCCCCCCN(CCCCCCCC(=O)O)C(=O)CCN(CC)CC. The Morgan fingerprint density at radius 1 is 0.568 bits per heavy atom. The van der Waals surface area contributed by atoms with Crippen molar-refractivity contribution >= 4 is 17.8 Å². The quantitative estimate of drug-likeness (QED) is 0.0578. The lowest BCUT2D eigenvalue weighted by molar-refractivity contribution is -0.144. The molecule has 0 aromatic heterocycles. The second-order valence-corrected chi connectivity index (χ2v) is 12.8. The van der Waals surface area contributed by atoms with Gasteiger partial charge in [-0.05, 0) is 57.5 Å². The number of unbranched alkanes of at least 4 members (excludes halogenated alkanes) is 12. The highest BCUT2D eigenvalue weighted by molar-refractivity contribution is 5.76. The summed E-state index contributed by atoms with van der Waals surface area (Å²) in [7, 11) is 0. The molecular weight excluding hydrogens is 552 g/mol. The monoisotopic (exact) mass is 625 g/mol. The molecule has 0 saturated heterocycles. The molecule has 7 nitrogen and oxygen atoms in total. The number of carboxylic acid groups (broad SMARTS) is 1. The van der Waals surface area contributed by atoms with Gasteiger partial charge < -0.3 is 19.6 Å².